The highest BCUT2D eigenvalue weighted by Crippen LogP contribution is 2.37. The highest BCUT2D eigenvalue weighted by Gasteiger charge is 2.49. The number of sulfonamides is 1. The van der Waals surface area contributed by atoms with Crippen LogP contribution in [0.4, 0.5) is 19.0 Å². The van der Waals surface area contributed by atoms with Gasteiger partial charge >= 0.3 is 12.1 Å². The van der Waals surface area contributed by atoms with Crippen LogP contribution in [0.5, 0.6) is 5.75 Å². The second kappa shape index (κ2) is 10.6. The average Bonchev–Trinajstić information content (AvgIpc) is 3.18. The van der Waals surface area contributed by atoms with Gasteiger partial charge in [0.05, 0.1) is 19.2 Å². The summed E-state index contributed by atoms with van der Waals surface area (Å²) in [6, 6.07) is 11.2. The molecule has 13 heteroatoms. The molecule has 1 aromatic carbocycles. The maximum absolute atomic E-state index is 13.5. The number of ether oxygens (including phenoxy) is 1. The van der Waals surface area contributed by atoms with Crippen molar-refractivity contribution >= 4 is 21.8 Å². The predicted molar refractivity (Wildman–Crippen MR) is 126 cm³/mol. The van der Waals surface area contributed by atoms with Crippen LogP contribution >= 0.6 is 0 Å². The third-order valence-electron chi connectivity index (χ3n) is 6.12. The van der Waals surface area contributed by atoms with E-state index < -0.39 is 22.2 Å². The summed E-state index contributed by atoms with van der Waals surface area (Å²) in [5.74, 6) is -1.38. The number of pyridine rings is 1. The molecule has 0 bridgehead atoms. The zero-order valence-corrected chi connectivity index (χ0v) is 21.1. The second-order valence-electron chi connectivity index (χ2n) is 8.84. The van der Waals surface area contributed by atoms with Gasteiger partial charge < -0.3 is 14.7 Å². The lowest BCUT2D eigenvalue weighted by molar-refractivity contribution is -0.192. The van der Waals surface area contributed by atoms with Gasteiger partial charge in [-0.3, -0.25) is 4.90 Å². The number of aromatic nitrogens is 1. The van der Waals surface area contributed by atoms with Gasteiger partial charge in [0.25, 0.3) is 0 Å². The van der Waals surface area contributed by atoms with Crippen LogP contribution in [0.1, 0.15) is 19.4 Å². The van der Waals surface area contributed by atoms with Crippen LogP contribution in [0.3, 0.4) is 0 Å². The number of carbonyl (C=O) groups is 1. The minimum Gasteiger partial charge on any atom is -0.497 e. The number of carboxylic acids is 1. The summed E-state index contributed by atoms with van der Waals surface area (Å²) >= 11 is 0. The van der Waals surface area contributed by atoms with Crippen LogP contribution in [-0.2, 0) is 21.4 Å². The number of likely N-dealkylation sites (N-methyl/N-ethyl adjacent to an activating group) is 1. The van der Waals surface area contributed by atoms with Crippen LogP contribution in [0.2, 0.25) is 0 Å². The summed E-state index contributed by atoms with van der Waals surface area (Å²) in [4.78, 5) is 18.0. The van der Waals surface area contributed by atoms with Crippen molar-refractivity contribution in [2.24, 2.45) is 0 Å². The standard InChI is InChI=1S/C21H28N4O3S.C2HF3O2/c1-15(2)25-19-14-24(12-16-7-9-17(28-4)10-8-16)13-18(19)23(3)21-20(29(25,26)27)6-5-11-22-21;3-2(4,5)1(6)7/h5-11,15,18-19H,12-14H2,1-4H3;(H,6,7). The average molecular weight is 531 g/mol. The Labute approximate surface area is 208 Å². The van der Waals surface area contributed by atoms with E-state index in [4.69, 9.17) is 14.6 Å². The Kier molecular flexibility index (Phi) is 8.16. The first-order chi connectivity index (χ1) is 16.8. The molecule has 2 aromatic rings. The number of halogens is 3. The lowest BCUT2D eigenvalue weighted by atomic mass is 10.1. The molecule has 1 aromatic heterocycles. The number of likely N-dealkylation sites (tertiary alicyclic amines) is 1. The molecular formula is C23H29F3N4O5S. The number of aliphatic carboxylic acids is 1. The van der Waals surface area contributed by atoms with Crippen molar-refractivity contribution in [3.63, 3.8) is 0 Å². The Balaban J connectivity index is 0.000000454. The zero-order chi connectivity index (χ0) is 26.8. The third-order valence-corrected chi connectivity index (χ3v) is 8.24. The molecule has 0 radical (unpaired) electrons. The first-order valence-electron chi connectivity index (χ1n) is 11.1. The van der Waals surface area contributed by atoms with Gasteiger partial charge in [-0.15, -0.1) is 0 Å². The van der Waals surface area contributed by atoms with Crippen LogP contribution in [0.15, 0.2) is 47.5 Å². The van der Waals surface area contributed by atoms with Crippen molar-refractivity contribution < 1.29 is 36.2 Å². The lowest BCUT2D eigenvalue weighted by Crippen LogP contribution is -2.52. The highest BCUT2D eigenvalue weighted by atomic mass is 32.2. The number of anilines is 1. The van der Waals surface area contributed by atoms with Crippen molar-refractivity contribution in [3.8, 4) is 5.75 Å². The van der Waals surface area contributed by atoms with E-state index >= 15 is 0 Å². The topological polar surface area (TPSA) is 103 Å². The number of nitrogens with zero attached hydrogens (tertiary/aromatic N) is 4. The fourth-order valence-corrected chi connectivity index (χ4v) is 6.58. The minimum atomic E-state index is -5.08. The zero-order valence-electron chi connectivity index (χ0n) is 20.3. The lowest BCUT2D eigenvalue weighted by Gasteiger charge is -2.34. The van der Waals surface area contributed by atoms with E-state index in [0.717, 1.165) is 18.8 Å². The summed E-state index contributed by atoms with van der Waals surface area (Å²) in [5.41, 5.74) is 1.18. The van der Waals surface area contributed by atoms with Gasteiger partial charge in [-0.1, -0.05) is 12.1 Å². The first kappa shape index (κ1) is 27.7. The van der Waals surface area contributed by atoms with E-state index in [9.17, 15) is 21.6 Å². The molecule has 0 saturated carbocycles. The molecule has 0 amide bonds. The largest absolute Gasteiger partial charge is 0.497 e. The molecule has 2 aliphatic heterocycles. The summed E-state index contributed by atoms with van der Waals surface area (Å²) in [7, 11) is -0.00840. The molecule has 2 aliphatic rings. The molecule has 2 unspecified atom stereocenters. The van der Waals surface area contributed by atoms with Crippen molar-refractivity contribution in [1.29, 1.82) is 0 Å². The van der Waals surface area contributed by atoms with Crippen LogP contribution in [0, 0.1) is 0 Å². The Morgan fingerprint density at radius 2 is 1.75 bits per heavy atom. The molecular weight excluding hydrogens is 501 g/mol. The van der Waals surface area contributed by atoms with Crippen molar-refractivity contribution in [3.05, 3.63) is 48.2 Å². The van der Waals surface area contributed by atoms with E-state index in [1.165, 1.54) is 5.56 Å². The third kappa shape index (κ3) is 5.73. The molecule has 0 aliphatic carbocycles. The van der Waals surface area contributed by atoms with Gasteiger partial charge in [0.1, 0.15) is 16.5 Å². The van der Waals surface area contributed by atoms with E-state index in [0.29, 0.717) is 17.3 Å². The van der Waals surface area contributed by atoms with Gasteiger partial charge in [-0.05, 0) is 43.7 Å². The molecule has 2 atom stereocenters. The second-order valence-corrected chi connectivity index (χ2v) is 10.7. The maximum atomic E-state index is 13.5. The van der Waals surface area contributed by atoms with Crippen LogP contribution in [-0.4, -0.2) is 85.2 Å². The van der Waals surface area contributed by atoms with E-state index in [-0.39, 0.29) is 18.1 Å². The number of fused-ring (bicyclic) bond motifs is 2. The number of carboxylic acid groups (broad SMARTS) is 1. The van der Waals surface area contributed by atoms with Crippen molar-refractivity contribution in [2.75, 3.05) is 32.1 Å². The van der Waals surface area contributed by atoms with Crippen molar-refractivity contribution in [1.82, 2.24) is 14.2 Å². The smallest absolute Gasteiger partial charge is 0.490 e. The molecule has 9 nitrogen and oxygen atoms in total. The Morgan fingerprint density at radius 3 is 2.28 bits per heavy atom. The molecule has 1 fully saturated rings. The molecule has 4 rings (SSSR count). The molecule has 198 valence electrons. The molecule has 1 N–H and O–H groups in total. The normalized spacial score (nSPS) is 21.7. The van der Waals surface area contributed by atoms with Crippen LogP contribution in [0.25, 0.3) is 0 Å². The summed E-state index contributed by atoms with van der Waals surface area (Å²) in [6.07, 6.45) is -3.42. The van der Waals surface area contributed by atoms with Gasteiger partial charge in [0.15, 0.2) is 0 Å². The number of benzene rings is 1. The Morgan fingerprint density at radius 1 is 1.17 bits per heavy atom. The van der Waals surface area contributed by atoms with Crippen molar-refractivity contribution in [2.45, 2.75) is 49.6 Å². The number of alkyl halides is 3. The summed E-state index contributed by atoms with van der Waals surface area (Å²) in [6.45, 7) is 6.13. The Hall–Kier alpha value is -2.90. The maximum Gasteiger partial charge on any atom is 0.490 e. The summed E-state index contributed by atoms with van der Waals surface area (Å²) < 4.78 is 65.7. The van der Waals surface area contributed by atoms with E-state index in [2.05, 4.69) is 22.0 Å². The Bertz CT molecular complexity index is 1180. The van der Waals surface area contributed by atoms with Gasteiger partial charge in [-0.25, -0.2) is 18.2 Å². The van der Waals surface area contributed by atoms with E-state index in [1.54, 1.807) is 29.7 Å². The van der Waals surface area contributed by atoms with Gasteiger partial charge in [-0.2, -0.15) is 17.5 Å². The molecule has 3 heterocycles. The number of methoxy groups -OCH3 is 1. The van der Waals surface area contributed by atoms with Gasteiger partial charge in [0.2, 0.25) is 10.0 Å². The fraction of sp³-hybridized carbons (Fsp3) is 0.478. The highest BCUT2D eigenvalue weighted by molar-refractivity contribution is 7.89. The SMILES string of the molecule is COc1ccc(CN2CC3C(C2)N(C(C)C)S(=O)(=O)c2cccnc2N3C)cc1.O=C(O)C(F)(F)F. The molecule has 36 heavy (non-hydrogen) atoms. The number of hydrogen-bond donors (Lipinski definition) is 1. The van der Waals surface area contributed by atoms with Crippen LogP contribution < -0.4 is 9.64 Å². The first-order valence-corrected chi connectivity index (χ1v) is 12.6. The monoisotopic (exact) mass is 530 g/mol. The van der Waals surface area contributed by atoms with Gasteiger partial charge in [0, 0.05) is 38.9 Å². The van der Waals surface area contributed by atoms with E-state index in [1.807, 2.05) is 37.9 Å². The molecule has 1 saturated heterocycles. The quantitative estimate of drug-likeness (QED) is 0.644. The fourth-order valence-electron chi connectivity index (χ4n) is 4.55. The summed E-state index contributed by atoms with van der Waals surface area (Å²) in [5, 5.41) is 7.12. The minimum absolute atomic E-state index is 0.0431. The number of hydrogen-bond acceptors (Lipinski definition) is 7. The predicted octanol–water partition coefficient (Wildman–Crippen LogP) is 2.83. The number of rotatable bonds is 4. The molecule has 0 spiro atoms.